The molecule has 3 heterocycles. The average Bonchev–Trinajstić information content (AvgIpc) is 3.30. The number of fused-ring (bicyclic) bond motifs is 1. The lowest BCUT2D eigenvalue weighted by Gasteiger charge is -2.14. The number of rotatable bonds is 7. The van der Waals surface area contributed by atoms with Gasteiger partial charge in [-0.05, 0) is 13.0 Å². The minimum Gasteiger partial charge on any atom is -0.342 e. The van der Waals surface area contributed by atoms with Crippen molar-refractivity contribution in [1.29, 1.82) is 0 Å². The van der Waals surface area contributed by atoms with E-state index in [1.165, 1.54) is 20.3 Å². The molecule has 0 saturated carbocycles. The average molecular weight is 402 g/mol. The highest BCUT2D eigenvalue weighted by molar-refractivity contribution is 6.11. The first kappa shape index (κ1) is 20.2. The van der Waals surface area contributed by atoms with E-state index in [0.717, 1.165) is 0 Å². The molecule has 0 aromatic carbocycles. The Labute approximate surface area is 166 Å². The minimum absolute atomic E-state index is 0.167. The second-order valence-corrected chi connectivity index (χ2v) is 6.54. The van der Waals surface area contributed by atoms with E-state index in [2.05, 4.69) is 20.5 Å². The van der Waals surface area contributed by atoms with Gasteiger partial charge < -0.3 is 15.1 Å². The molecule has 154 valence electrons. The molecule has 0 bridgehead atoms. The normalized spacial score (nSPS) is 10.9. The molecule has 3 rings (SSSR count). The van der Waals surface area contributed by atoms with Crippen molar-refractivity contribution in [3.8, 4) is 0 Å². The van der Waals surface area contributed by atoms with Crippen LogP contribution >= 0.6 is 0 Å². The number of nitrogens with zero attached hydrogens (tertiary/aromatic N) is 7. The summed E-state index contributed by atoms with van der Waals surface area (Å²) in [5, 5.41) is 11.1. The molecule has 0 radical (unpaired) electrons. The Balaban J connectivity index is 1.85. The molecule has 0 unspecified atom stereocenters. The molecule has 0 aliphatic carbocycles. The fraction of sp³-hybridized carbons (Fsp3) is 0.389. The van der Waals surface area contributed by atoms with Crippen LogP contribution in [0.15, 0.2) is 24.5 Å². The van der Waals surface area contributed by atoms with Crippen LogP contribution in [-0.4, -0.2) is 75.0 Å². The Morgan fingerprint density at radius 1 is 1.31 bits per heavy atom. The number of aromatic nitrogens is 5. The topological polar surface area (TPSA) is 101 Å². The van der Waals surface area contributed by atoms with Gasteiger partial charge in [0.05, 0.1) is 11.8 Å². The maximum absolute atomic E-state index is 12.8. The van der Waals surface area contributed by atoms with Crippen LogP contribution in [0.25, 0.3) is 5.65 Å². The number of halogens is 1. The molecular formula is C18H23FN8O2. The van der Waals surface area contributed by atoms with Crippen LogP contribution in [0.1, 0.15) is 27.8 Å². The number of carbonyl (C=O) groups is 2. The van der Waals surface area contributed by atoms with Crippen molar-refractivity contribution in [1.82, 2.24) is 29.3 Å². The van der Waals surface area contributed by atoms with Crippen LogP contribution in [0.5, 0.6) is 0 Å². The molecule has 3 aromatic rings. The van der Waals surface area contributed by atoms with Gasteiger partial charge in [-0.25, -0.2) is 8.91 Å². The zero-order valence-electron chi connectivity index (χ0n) is 16.8. The highest BCUT2D eigenvalue weighted by atomic mass is 19.1. The predicted octanol–water partition coefficient (Wildman–Crippen LogP) is 1.21. The van der Waals surface area contributed by atoms with Gasteiger partial charge in [-0.15, -0.1) is 5.10 Å². The number of nitrogens with one attached hydrogen (secondary N) is 1. The fourth-order valence-electron chi connectivity index (χ4n) is 2.74. The van der Waals surface area contributed by atoms with Gasteiger partial charge in [0.1, 0.15) is 12.4 Å². The second-order valence-electron chi connectivity index (χ2n) is 6.54. The first-order valence-electron chi connectivity index (χ1n) is 9.08. The van der Waals surface area contributed by atoms with E-state index in [9.17, 15) is 14.0 Å². The standard InChI is InChI=1S/C18H23FN8O2/c1-5-24(2)17(29)13-11-20-26(4)15(13)16(28)21-12-6-8-27-14(10-12)22-18(23-27)25(3)9-7-19/h6,8,10-11H,5,7,9H2,1-4H3,(H,21,28). The van der Waals surface area contributed by atoms with E-state index < -0.39 is 12.6 Å². The van der Waals surface area contributed by atoms with Crippen molar-refractivity contribution in [3.63, 3.8) is 0 Å². The maximum Gasteiger partial charge on any atom is 0.274 e. The van der Waals surface area contributed by atoms with Gasteiger partial charge in [0.15, 0.2) is 5.65 Å². The van der Waals surface area contributed by atoms with E-state index in [0.29, 0.717) is 23.8 Å². The SMILES string of the molecule is CCN(C)C(=O)c1cnn(C)c1C(=O)Nc1ccn2nc(N(C)CCF)nc2c1. The Kier molecular flexibility index (Phi) is 5.76. The van der Waals surface area contributed by atoms with Crippen LogP contribution in [-0.2, 0) is 7.05 Å². The summed E-state index contributed by atoms with van der Waals surface area (Å²) in [6, 6.07) is 3.31. The largest absolute Gasteiger partial charge is 0.342 e. The maximum atomic E-state index is 12.8. The lowest BCUT2D eigenvalue weighted by atomic mass is 10.2. The zero-order chi connectivity index (χ0) is 21.1. The monoisotopic (exact) mass is 402 g/mol. The summed E-state index contributed by atoms with van der Waals surface area (Å²) in [5.74, 6) is -0.357. The minimum atomic E-state index is -0.508. The van der Waals surface area contributed by atoms with Crippen molar-refractivity contribution in [2.75, 3.05) is 44.1 Å². The van der Waals surface area contributed by atoms with Crippen LogP contribution in [0.4, 0.5) is 16.0 Å². The molecule has 1 N–H and O–H groups in total. The summed E-state index contributed by atoms with van der Waals surface area (Å²) in [6.07, 6.45) is 3.03. The number of carbonyl (C=O) groups excluding carboxylic acids is 2. The Hall–Kier alpha value is -3.50. The van der Waals surface area contributed by atoms with Crippen molar-refractivity contribution in [2.24, 2.45) is 7.05 Å². The number of alkyl halides is 1. The number of hydrogen-bond acceptors (Lipinski definition) is 6. The Bertz CT molecular complexity index is 1040. The predicted molar refractivity (Wildman–Crippen MR) is 106 cm³/mol. The van der Waals surface area contributed by atoms with E-state index in [4.69, 9.17) is 0 Å². The number of hydrogen-bond donors (Lipinski definition) is 1. The van der Waals surface area contributed by atoms with Gasteiger partial charge >= 0.3 is 0 Å². The third kappa shape index (κ3) is 4.03. The van der Waals surface area contributed by atoms with Gasteiger partial charge in [0.2, 0.25) is 5.95 Å². The first-order valence-corrected chi connectivity index (χ1v) is 9.08. The van der Waals surface area contributed by atoms with Gasteiger partial charge in [-0.3, -0.25) is 14.3 Å². The summed E-state index contributed by atoms with van der Waals surface area (Å²) in [4.78, 5) is 32.8. The summed E-state index contributed by atoms with van der Waals surface area (Å²) in [5.41, 5.74) is 1.38. The lowest BCUT2D eigenvalue weighted by molar-refractivity contribution is 0.0796. The Morgan fingerprint density at radius 3 is 2.76 bits per heavy atom. The molecule has 29 heavy (non-hydrogen) atoms. The quantitative estimate of drug-likeness (QED) is 0.638. The highest BCUT2D eigenvalue weighted by Gasteiger charge is 2.24. The molecule has 3 aromatic heterocycles. The van der Waals surface area contributed by atoms with Gasteiger partial charge in [-0.1, -0.05) is 0 Å². The number of amides is 2. The van der Waals surface area contributed by atoms with Crippen molar-refractivity contribution < 1.29 is 14.0 Å². The summed E-state index contributed by atoms with van der Waals surface area (Å²) in [7, 11) is 4.96. The molecule has 0 spiro atoms. The van der Waals surface area contributed by atoms with Crippen molar-refractivity contribution in [3.05, 3.63) is 35.8 Å². The summed E-state index contributed by atoms with van der Waals surface area (Å²) in [6.45, 7) is 2.04. The highest BCUT2D eigenvalue weighted by Crippen LogP contribution is 2.17. The number of aryl methyl sites for hydroxylation is 1. The van der Waals surface area contributed by atoms with Crippen LogP contribution in [0, 0.1) is 0 Å². The van der Waals surface area contributed by atoms with E-state index in [1.54, 1.807) is 44.4 Å². The van der Waals surface area contributed by atoms with Crippen molar-refractivity contribution >= 4 is 29.1 Å². The van der Waals surface area contributed by atoms with E-state index in [1.807, 2.05) is 6.92 Å². The molecule has 10 nitrogen and oxygen atoms in total. The van der Waals surface area contributed by atoms with E-state index >= 15 is 0 Å². The van der Waals surface area contributed by atoms with Crippen LogP contribution in [0.3, 0.4) is 0 Å². The third-order valence-electron chi connectivity index (χ3n) is 4.55. The fourth-order valence-corrected chi connectivity index (χ4v) is 2.74. The van der Waals surface area contributed by atoms with Gasteiger partial charge in [-0.2, -0.15) is 10.1 Å². The van der Waals surface area contributed by atoms with Gasteiger partial charge in [0.25, 0.3) is 11.8 Å². The molecular weight excluding hydrogens is 379 g/mol. The van der Waals surface area contributed by atoms with Crippen LogP contribution in [0.2, 0.25) is 0 Å². The zero-order valence-corrected chi connectivity index (χ0v) is 16.8. The van der Waals surface area contributed by atoms with E-state index in [-0.39, 0.29) is 23.7 Å². The summed E-state index contributed by atoms with van der Waals surface area (Å²) < 4.78 is 15.4. The molecule has 11 heteroatoms. The Morgan fingerprint density at radius 2 is 2.07 bits per heavy atom. The molecule has 0 aliphatic rings. The van der Waals surface area contributed by atoms with Crippen LogP contribution < -0.4 is 10.2 Å². The number of anilines is 2. The first-order chi connectivity index (χ1) is 13.8. The smallest absolute Gasteiger partial charge is 0.274 e. The second kappa shape index (κ2) is 8.25. The summed E-state index contributed by atoms with van der Waals surface area (Å²) >= 11 is 0. The molecule has 0 aliphatic heterocycles. The van der Waals surface area contributed by atoms with Gasteiger partial charge in [0, 0.05) is 52.2 Å². The molecule has 0 atom stereocenters. The van der Waals surface area contributed by atoms with Crippen molar-refractivity contribution in [2.45, 2.75) is 6.92 Å². The molecule has 0 fully saturated rings. The third-order valence-corrected chi connectivity index (χ3v) is 4.55. The molecule has 2 amide bonds. The lowest BCUT2D eigenvalue weighted by Crippen LogP contribution is -2.29. The number of pyridine rings is 1. The molecule has 0 saturated heterocycles.